The molecule has 1 atom stereocenters. The standard InChI is InChI=1S/C12H14ClNO4/c1-2-3-9(12(17)18)14-11(16)7-4-5-10(15)8(13)6-7/h4-6,9,15H,2-3H2,1H3,(H,14,16)(H,17,18). The Hall–Kier alpha value is -1.75. The second kappa shape index (κ2) is 6.26. The van der Waals surface area contributed by atoms with Crippen molar-refractivity contribution in [2.75, 3.05) is 0 Å². The monoisotopic (exact) mass is 271 g/mol. The molecule has 5 nitrogen and oxygen atoms in total. The molecule has 0 saturated heterocycles. The molecule has 0 bridgehead atoms. The van der Waals surface area contributed by atoms with Crippen LogP contribution < -0.4 is 5.32 Å². The summed E-state index contributed by atoms with van der Waals surface area (Å²) in [4.78, 5) is 22.7. The molecule has 0 spiro atoms. The van der Waals surface area contributed by atoms with Crippen LogP contribution in [-0.4, -0.2) is 28.1 Å². The van der Waals surface area contributed by atoms with Crippen molar-refractivity contribution in [3.8, 4) is 5.75 Å². The number of phenolic OH excluding ortho intramolecular Hbond substituents is 1. The number of carboxylic acids is 1. The summed E-state index contributed by atoms with van der Waals surface area (Å²) in [6.45, 7) is 1.83. The maximum absolute atomic E-state index is 11.8. The first kappa shape index (κ1) is 14.3. The van der Waals surface area contributed by atoms with Gasteiger partial charge in [-0.25, -0.2) is 4.79 Å². The largest absolute Gasteiger partial charge is 0.506 e. The minimum absolute atomic E-state index is 0.0463. The number of phenols is 1. The molecular formula is C12H14ClNO4. The van der Waals surface area contributed by atoms with E-state index in [0.29, 0.717) is 12.8 Å². The zero-order valence-electron chi connectivity index (χ0n) is 9.81. The van der Waals surface area contributed by atoms with E-state index in [1.165, 1.54) is 18.2 Å². The first-order valence-electron chi connectivity index (χ1n) is 5.48. The number of hydrogen-bond donors (Lipinski definition) is 3. The molecule has 3 N–H and O–H groups in total. The third kappa shape index (κ3) is 3.63. The van der Waals surface area contributed by atoms with Crippen molar-refractivity contribution in [2.24, 2.45) is 0 Å². The second-order valence-electron chi connectivity index (χ2n) is 3.82. The highest BCUT2D eigenvalue weighted by atomic mass is 35.5. The molecule has 0 saturated carbocycles. The second-order valence-corrected chi connectivity index (χ2v) is 4.23. The van der Waals surface area contributed by atoms with Gasteiger partial charge in [-0.15, -0.1) is 0 Å². The van der Waals surface area contributed by atoms with E-state index in [0.717, 1.165) is 0 Å². The fourth-order valence-electron chi connectivity index (χ4n) is 1.44. The summed E-state index contributed by atoms with van der Waals surface area (Å²) in [6.07, 6.45) is 1.00. The summed E-state index contributed by atoms with van der Waals surface area (Å²) in [7, 11) is 0. The summed E-state index contributed by atoms with van der Waals surface area (Å²) in [5.74, 6) is -1.73. The minimum atomic E-state index is -1.07. The van der Waals surface area contributed by atoms with Crippen LogP contribution in [0, 0.1) is 0 Å². The zero-order chi connectivity index (χ0) is 13.7. The van der Waals surface area contributed by atoms with Gasteiger partial charge in [0, 0.05) is 5.56 Å². The Morgan fingerprint density at radius 2 is 2.11 bits per heavy atom. The van der Waals surface area contributed by atoms with E-state index in [2.05, 4.69) is 5.32 Å². The van der Waals surface area contributed by atoms with Gasteiger partial charge in [-0.3, -0.25) is 4.79 Å². The molecule has 6 heteroatoms. The van der Waals surface area contributed by atoms with Gasteiger partial charge in [0.2, 0.25) is 0 Å². The van der Waals surface area contributed by atoms with Crippen LogP contribution in [0.1, 0.15) is 30.1 Å². The molecule has 1 rings (SSSR count). The van der Waals surface area contributed by atoms with Crippen LogP contribution in [0.2, 0.25) is 5.02 Å². The maximum Gasteiger partial charge on any atom is 0.326 e. The van der Waals surface area contributed by atoms with E-state index < -0.39 is 17.9 Å². The summed E-state index contributed by atoms with van der Waals surface area (Å²) >= 11 is 5.67. The number of carbonyl (C=O) groups is 2. The van der Waals surface area contributed by atoms with E-state index in [-0.39, 0.29) is 16.3 Å². The summed E-state index contributed by atoms with van der Waals surface area (Å²) in [6, 6.07) is 3.03. The summed E-state index contributed by atoms with van der Waals surface area (Å²) in [5.41, 5.74) is 0.208. The normalized spacial score (nSPS) is 11.9. The van der Waals surface area contributed by atoms with Crippen molar-refractivity contribution in [1.82, 2.24) is 5.32 Å². The molecule has 0 heterocycles. The van der Waals surface area contributed by atoms with Gasteiger partial charge in [0.05, 0.1) is 5.02 Å². The fraction of sp³-hybridized carbons (Fsp3) is 0.333. The third-order valence-electron chi connectivity index (χ3n) is 2.39. The van der Waals surface area contributed by atoms with Crippen LogP contribution in [0.5, 0.6) is 5.75 Å². The Labute approximate surface area is 109 Å². The van der Waals surface area contributed by atoms with Crippen LogP contribution in [-0.2, 0) is 4.79 Å². The predicted molar refractivity (Wildman–Crippen MR) is 66.9 cm³/mol. The molecule has 0 aliphatic heterocycles. The number of rotatable bonds is 5. The molecule has 0 aliphatic rings. The lowest BCUT2D eigenvalue weighted by molar-refractivity contribution is -0.139. The van der Waals surface area contributed by atoms with Crippen LogP contribution >= 0.6 is 11.6 Å². The van der Waals surface area contributed by atoms with Gasteiger partial charge < -0.3 is 15.5 Å². The predicted octanol–water partition coefficient (Wildman–Crippen LogP) is 2.03. The number of halogens is 1. The molecule has 98 valence electrons. The number of benzene rings is 1. The van der Waals surface area contributed by atoms with E-state index >= 15 is 0 Å². The number of carboxylic acid groups (broad SMARTS) is 1. The Balaban J connectivity index is 2.80. The number of aromatic hydroxyl groups is 1. The summed E-state index contributed by atoms with van der Waals surface area (Å²) in [5, 5.41) is 20.6. The van der Waals surface area contributed by atoms with Crippen LogP contribution in [0.15, 0.2) is 18.2 Å². The minimum Gasteiger partial charge on any atom is -0.506 e. The average molecular weight is 272 g/mol. The smallest absolute Gasteiger partial charge is 0.326 e. The molecule has 0 aromatic heterocycles. The molecule has 1 unspecified atom stereocenters. The van der Waals surface area contributed by atoms with Crippen molar-refractivity contribution in [1.29, 1.82) is 0 Å². The summed E-state index contributed by atoms with van der Waals surface area (Å²) < 4.78 is 0. The highest BCUT2D eigenvalue weighted by Crippen LogP contribution is 2.23. The Kier molecular flexibility index (Phi) is 4.97. The lowest BCUT2D eigenvalue weighted by atomic mass is 10.1. The highest BCUT2D eigenvalue weighted by Gasteiger charge is 2.19. The van der Waals surface area contributed by atoms with Gasteiger partial charge in [-0.2, -0.15) is 0 Å². The zero-order valence-corrected chi connectivity index (χ0v) is 10.6. The topological polar surface area (TPSA) is 86.6 Å². The van der Waals surface area contributed by atoms with Crippen molar-refractivity contribution in [2.45, 2.75) is 25.8 Å². The van der Waals surface area contributed by atoms with Gasteiger partial charge in [0.15, 0.2) is 0 Å². The van der Waals surface area contributed by atoms with Gasteiger partial charge in [-0.05, 0) is 24.6 Å². The molecule has 0 fully saturated rings. The Bertz CT molecular complexity index is 461. The number of carbonyl (C=O) groups excluding carboxylic acids is 1. The molecule has 0 radical (unpaired) electrons. The quantitative estimate of drug-likeness (QED) is 0.765. The van der Waals surface area contributed by atoms with E-state index in [4.69, 9.17) is 16.7 Å². The number of hydrogen-bond acceptors (Lipinski definition) is 3. The van der Waals surface area contributed by atoms with Crippen molar-refractivity contribution < 1.29 is 19.8 Å². The van der Waals surface area contributed by atoms with Gasteiger partial charge in [-0.1, -0.05) is 24.9 Å². The van der Waals surface area contributed by atoms with Gasteiger partial charge in [0.25, 0.3) is 5.91 Å². The van der Waals surface area contributed by atoms with Crippen LogP contribution in [0.4, 0.5) is 0 Å². The number of aliphatic carboxylic acids is 1. The highest BCUT2D eigenvalue weighted by molar-refractivity contribution is 6.32. The van der Waals surface area contributed by atoms with E-state index in [9.17, 15) is 14.7 Å². The van der Waals surface area contributed by atoms with E-state index in [1.807, 2.05) is 6.92 Å². The third-order valence-corrected chi connectivity index (χ3v) is 2.69. The first-order valence-corrected chi connectivity index (χ1v) is 5.85. The van der Waals surface area contributed by atoms with Crippen LogP contribution in [0.3, 0.4) is 0 Å². The average Bonchev–Trinajstić information content (AvgIpc) is 2.31. The molecule has 0 aliphatic carbocycles. The van der Waals surface area contributed by atoms with Gasteiger partial charge >= 0.3 is 5.97 Å². The van der Waals surface area contributed by atoms with Crippen molar-refractivity contribution in [3.05, 3.63) is 28.8 Å². The lowest BCUT2D eigenvalue weighted by Gasteiger charge is -2.13. The van der Waals surface area contributed by atoms with Crippen LogP contribution in [0.25, 0.3) is 0 Å². The van der Waals surface area contributed by atoms with Crippen molar-refractivity contribution in [3.63, 3.8) is 0 Å². The Morgan fingerprint density at radius 1 is 1.44 bits per heavy atom. The lowest BCUT2D eigenvalue weighted by Crippen LogP contribution is -2.40. The molecular weight excluding hydrogens is 258 g/mol. The first-order chi connectivity index (χ1) is 8.45. The number of nitrogens with one attached hydrogen (secondary N) is 1. The van der Waals surface area contributed by atoms with E-state index in [1.54, 1.807) is 0 Å². The van der Waals surface area contributed by atoms with Crippen molar-refractivity contribution >= 4 is 23.5 Å². The number of amides is 1. The maximum atomic E-state index is 11.8. The molecule has 18 heavy (non-hydrogen) atoms. The molecule has 1 aromatic carbocycles. The molecule has 1 amide bonds. The Morgan fingerprint density at radius 3 is 2.61 bits per heavy atom. The fourth-order valence-corrected chi connectivity index (χ4v) is 1.62. The van der Waals surface area contributed by atoms with Gasteiger partial charge in [0.1, 0.15) is 11.8 Å². The SMILES string of the molecule is CCCC(NC(=O)c1ccc(O)c(Cl)c1)C(=O)O. The molecule has 1 aromatic rings.